The second-order valence-electron chi connectivity index (χ2n) is 3.79. The van der Waals surface area contributed by atoms with E-state index in [-0.39, 0.29) is 6.04 Å². The Morgan fingerprint density at radius 3 is 2.93 bits per heavy atom. The Balaban J connectivity index is 2.22. The van der Waals surface area contributed by atoms with Crippen LogP contribution < -0.4 is 5.43 Å². The number of rotatable bonds is 2. The molecule has 1 aromatic rings. The van der Waals surface area contributed by atoms with Gasteiger partial charge in [-0.3, -0.25) is 0 Å². The van der Waals surface area contributed by atoms with E-state index in [9.17, 15) is 0 Å². The molecule has 0 amide bonds. The van der Waals surface area contributed by atoms with Gasteiger partial charge < -0.3 is 4.74 Å². The van der Waals surface area contributed by atoms with Crippen LogP contribution in [-0.2, 0) is 11.3 Å². The standard InChI is InChI=1S/C11H16N2O/c1-13(2)12-11-8-14-7-9-5-3-4-6-10(9)11/h3-6,11-12H,7-8H2,1-2H3. The normalized spacial score (nSPS) is 20.9. The number of ether oxygens (including phenoxy) is 1. The van der Waals surface area contributed by atoms with Gasteiger partial charge in [-0.15, -0.1) is 0 Å². The van der Waals surface area contributed by atoms with Gasteiger partial charge in [-0.2, -0.15) is 0 Å². The average molecular weight is 192 g/mol. The van der Waals surface area contributed by atoms with E-state index in [1.165, 1.54) is 11.1 Å². The van der Waals surface area contributed by atoms with Crippen LogP contribution >= 0.6 is 0 Å². The molecule has 1 N–H and O–H groups in total. The number of hydrazine groups is 1. The van der Waals surface area contributed by atoms with Gasteiger partial charge in [0.2, 0.25) is 0 Å². The molecule has 0 spiro atoms. The minimum atomic E-state index is 0.287. The largest absolute Gasteiger partial charge is 0.375 e. The summed E-state index contributed by atoms with van der Waals surface area (Å²) in [4.78, 5) is 0. The van der Waals surface area contributed by atoms with Crippen LogP contribution in [0.3, 0.4) is 0 Å². The summed E-state index contributed by atoms with van der Waals surface area (Å²) in [5.74, 6) is 0. The van der Waals surface area contributed by atoms with Gasteiger partial charge >= 0.3 is 0 Å². The molecule has 76 valence electrons. The minimum absolute atomic E-state index is 0.287. The zero-order valence-corrected chi connectivity index (χ0v) is 8.66. The summed E-state index contributed by atoms with van der Waals surface area (Å²) in [5.41, 5.74) is 5.99. The maximum atomic E-state index is 5.52. The number of nitrogens with one attached hydrogen (secondary N) is 1. The van der Waals surface area contributed by atoms with Gasteiger partial charge in [-0.1, -0.05) is 24.3 Å². The average Bonchev–Trinajstić information content (AvgIpc) is 2.18. The lowest BCUT2D eigenvalue weighted by Gasteiger charge is -2.29. The molecular formula is C11H16N2O. The Bertz CT molecular complexity index is 312. The molecule has 1 unspecified atom stereocenters. The molecule has 0 saturated heterocycles. The monoisotopic (exact) mass is 192 g/mol. The van der Waals surface area contributed by atoms with Gasteiger partial charge in [0.05, 0.1) is 19.3 Å². The van der Waals surface area contributed by atoms with Crippen LogP contribution in [0.25, 0.3) is 0 Å². The lowest BCUT2D eigenvalue weighted by atomic mass is 10.00. The molecule has 0 bridgehead atoms. The van der Waals surface area contributed by atoms with Gasteiger partial charge in [0.1, 0.15) is 0 Å². The molecule has 1 aliphatic rings. The molecule has 3 nitrogen and oxygen atoms in total. The molecule has 1 heterocycles. The fourth-order valence-corrected chi connectivity index (χ4v) is 1.80. The Kier molecular flexibility index (Phi) is 2.82. The molecule has 0 aromatic heterocycles. The molecule has 0 radical (unpaired) electrons. The first kappa shape index (κ1) is 9.65. The maximum Gasteiger partial charge on any atom is 0.0721 e. The highest BCUT2D eigenvalue weighted by molar-refractivity contribution is 5.30. The summed E-state index contributed by atoms with van der Waals surface area (Å²) < 4.78 is 5.52. The number of benzene rings is 1. The Morgan fingerprint density at radius 1 is 1.36 bits per heavy atom. The summed E-state index contributed by atoms with van der Waals surface area (Å²) in [6.07, 6.45) is 0. The fourth-order valence-electron chi connectivity index (χ4n) is 1.80. The van der Waals surface area contributed by atoms with Crippen molar-refractivity contribution in [3.05, 3.63) is 35.4 Å². The maximum absolute atomic E-state index is 5.52. The summed E-state index contributed by atoms with van der Waals surface area (Å²) in [6.45, 7) is 1.48. The van der Waals surface area contributed by atoms with E-state index in [2.05, 4.69) is 29.7 Å². The number of nitrogens with zero attached hydrogens (tertiary/aromatic N) is 1. The number of hydrogen-bond donors (Lipinski definition) is 1. The second kappa shape index (κ2) is 4.09. The first-order chi connectivity index (χ1) is 6.77. The third-order valence-electron chi connectivity index (χ3n) is 2.39. The number of hydrogen-bond acceptors (Lipinski definition) is 3. The van der Waals surface area contributed by atoms with E-state index in [0.717, 1.165) is 13.2 Å². The third kappa shape index (κ3) is 1.95. The van der Waals surface area contributed by atoms with Crippen molar-refractivity contribution in [3.8, 4) is 0 Å². The van der Waals surface area contributed by atoms with Crippen molar-refractivity contribution in [1.29, 1.82) is 0 Å². The van der Waals surface area contributed by atoms with Crippen LogP contribution in [-0.4, -0.2) is 25.7 Å². The Hall–Kier alpha value is -0.900. The van der Waals surface area contributed by atoms with Crippen molar-refractivity contribution in [3.63, 3.8) is 0 Å². The SMILES string of the molecule is CN(C)NC1COCc2ccccc21. The van der Waals surface area contributed by atoms with Crippen molar-refractivity contribution in [2.75, 3.05) is 20.7 Å². The van der Waals surface area contributed by atoms with Gasteiger partial charge in [0.25, 0.3) is 0 Å². The Morgan fingerprint density at radius 2 is 2.14 bits per heavy atom. The lowest BCUT2D eigenvalue weighted by molar-refractivity contribution is 0.0598. The predicted octanol–water partition coefficient (Wildman–Crippen LogP) is 1.32. The van der Waals surface area contributed by atoms with Crippen molar-refractivity contribution in [1.82, 2.24) is 10.4 Å². The molecule has 0 saturated carbocycles. The van der Waals surface area contributed by atoms with Gasteiger partial charge in [-0.05, 0) is 11.1 Å². The third-order valence-corrected chi connectivity index (χ3v) is 2.39. The molecule has 1 aromatic carbocycles. The zero-order chi connectivity index (χ0) is 9.97. The highest BCUT2D eigenvalue weighted by Crippen LogP contribution is 2.24. The van der Waals surface area contributed by atoms with E-state index >= 15 is 0 Å². The Labute approximate surface area is 84.6 Å². The second-order valence-corrected chi connectivity index (χ2v) is 3.79. The molecule has 0 fully saturated rings. The van der Waals surface area contributed by atoms with E-state index in [0.29, 0.717) is 0 Å². The molecular weight excluding hydrogens is 176 g/mol. The van der Waals surface area contributed by atoms with Crippen molar-refractivity contribution in [2.45, 2.75) is 12.6 Å². The smallest absolute Gasteiger partial charge is 0.0721 e. The van der Waals surface area contributed by atoms with Gasteiger partial charge in [0, 0.05) is 14.1 Å². The molecule has 14 heavy (non-hydrogen) atoms. The topological polar surface area (TPSA) is 24.5 Å². The zero-order valence-electron chi connectivity index (χ0n) is 8.66. The summed E-state index contributed by atoms with van der Waals surface area (Å²) >= 11 is 0. The first-order valence-corrected chi connectivity index (χ1v) is 4.86. The van der Waals surface area contributed by atoms with E-state index in [4.69, 9.17) is 4.74 Å². The quantitative estimate of drug-likeness (QED) is 0.715. The van der Waals surface area contributed by atoms with Crippen molar-refractivity contribution < 1.29 is 4.74 Å². The van der Waals surface area contributed by atoms with Gasteiger partial charge in [0.15, 0.2) is 0 Å². The summed E-state index contributed by atoms with van der Waals surface area (Å²) in [6, 6.07) is 8.71. The predicted molar refractivity (Wildman–Crippen MR) is 55.7 cm³/mol. The molecule has 1 aliphatic heterocycles. The molecule has 1 atom stereocenters. The first-order valence-electron chi connectivity index (χ1n) is 4.86. The van der Waals surface area contributed by atoms with Crippen LogP contribution in [0.4, 0.5) is 0 Å². The van der Waals surface area contributed by atoms with E-state index in [1.54, 1.807) is 0 Å². The molecule has 3 heteroatoms. The van der Waals surface area contributed by atoms with Crippen LogP contribution in [0.1, 0.15) is 17.2 Å². The highest BCUT2D eigenvalue weighted by atomic mass is 16.5. The van der Waals surface area contributed by atoms with Crippen LogP contribution in [0, 0.1) is 0 Å². The lowest BCUT2D eigenvalue weighted by Crippen LogP contribution is -2.38. The molecule has 2 rings (SSSR count). The highest BCUT2D eigenvalue weighted by Gasteiger charge is 2.19. The van der Waals surface area contributed by atoms with Crippen LogP contribution in [0.5, 0.6) is 0 Å². The van der Waals surface area contributed by atoms with Crippen molar-refractivity contribution >= 4 is 0 Å². The fraction of sp³-hybridized carbons (Fsp3) is 0.455. The van der Waals surface area contributed by atoms with Crippen LogP contribution in [0.2, 0.25) is 0 Å². The molecule has 0 aliphatic carbocycles. The van der Waals surface area contributed by atoms with Crippen LogP contribution in [0.15, 0.2) is 24.3 Å². The van der Waals surface area contributed by atoms with E-state index < -0.39 is 0 Å². The summed E-state index contributed by atoms with van der Waals surface area (Å²) in [5, 5.41) is 1.97. The van der Waals surface area contributed by atoms with Crippen molar-refractivity contribution in [2.24, 2.45) is 0 Å². The minimum Gasteiger partial charge on any atom is -0.375 e. The van der Waals surface area contributed by atoms with E-state index in [1.807, 2.05) is 19.1 Å². The number of fused-ring (bicyclic) bond motifs is 1. The van der Waals surface area contributed by atoms with Gasteiger partial charge in [-0.25, -0.2) is 10.4 Å². The summed E-state index contributed by atoms with van der Waals surface area (Å²) in [7, 11) is 3.99.